The lowest BCUT2D eigenvalue weighted by atomic mass is 10.3. The van der Waals surface area contributed by atoms with Crippen LogP contribution in [0.1, 0.15) is 39.0 Å². The molecule has 0 spiro atoms. The van der Waals surface area contributed by atoms with E-state index >= 15 is 0 Å². The number of rotatable bonds is 5. The first-order chi connectivity index (χ1) is 7.88. The molecule has 88 valence electrons. The second-order valence-electron chi connectivity index (χ2n) is 4.22. The van der Waals surface area contributed by atoms with Crippen molar-refractivity contribution in [3.05, 3.63) is 6.20 Å². The van der Waals surface area contributed by atoms with E-state index in [0.717, 1.165) is 18.8 Å². The van der Waals surface area contributed by atoms with Crippen molar-refractivity contribution in [3.8, 4) is 0 Å². The Morgan fingerprint density at radius 2 is 2.19 bits per heavy atom. The molecule has 1 heterocycles. The van der Waals surface area contributed by atoms with E-state index < -0.39 is 0 Å². The third kappa shape index (κ3) is 3.05. The van der Waals surface area contributed by atoms with E-state index in [1.807, 2.05) is 0 Å². The molecule has 1 saturated carbocycles. The monoisotopic (exact) mass is 221 g/mol. The smallest absolute Gasteiger partial charge is 0.244 e. The van der Waals surface area contributed by atoms with Gasteiger partial charge in [-0.2, -0.15) is 10.1 Å². The number of hydrogen-bond donors (Lipinski definition) is 2. The Labute approximate surface area is 96.1 Å². The Bertz CT molecular complexity index is 322. The van der Waals surface area contributed by atoms with Crippen LogP contribution in [0.3, 0.4) is 0 Å². The highest BCUT2D eigenvalue weighted by molar-refractivity contribution is 5.37. The van der Waals surface area contributed by atoms with E-state index in [4.69, 9.17) is 0 Å². The lowest BCUT2D eigenvalue weighted by Crippen LogP contribution is -2.17. The van der Waals surface area contributed by atoms with Gasteiger partial charge in [0.2, 0.25) is 5.95 Å². The third-order valence-corrected chi connectivity index (χ3v) is 2.80. The van der Waals surface area contributed by atoms with Crippen molar-refractivity contribution in [2.45, 2.75) is 45.1 Å². The number of hydrogen-bond acceptors (Lipinski definition) is 5. The van der Waals surface area contributed by atoms with Gasteiger partial charge in [0.05, 0.1) is 6.20 Å². The molecule has 0 aromatic carbocycles. The summed E-state index contributed by atoms with van der Waals surface area (Å²) in [5.74, 6) is 1.45. The molecule has 5 heteroatoms. The maximum atomic E-state index is 4.38. The van der Waals surface area contributed by atoms with Gasteiger partial charge in [-0.3, -0.25) is 0 Å². The molecule has 0 aliphatic heterocycles. The maximum absolute atomic E-state index is 4.38. The first-order valence-corrected chi connectivity index (χ1v) is 6.08. The molecule has 0 radical (unpaired) electrons. The molecule has 0 bridgehead atoms. The van der Waals surface area contributed by atoms with Crippen molar-refractivity contribution >= 4 is 11.8 Å². The summed E-state index contributed by atoms with van der Waals surface area (Å²) in [5, 5.41) is 14.5. The quantitative estimate of drug-likeness (QED) is 0.796. The fraction of sp³-hybridized carbons (Fsp3) is 0.727. The molecule has 16 heavy (non-hydrogen) atoms. The predicted molar refractivity (Wildman–Crippen MR) is 64.5 cm³/mol. The fourth-order valence-corrected chi connectivity index (χ4v) is 1.96. The zero-order valence-corrected chi connectivity index (χ0v) is 9.74. The van der Waals surface area contributed by atoms with E-state index in [1.54, 1.807) is 6.20 Å². The molecular formula is C11H19N5. The van der Waals surface area contributed by atoms with Crippen molar-refractivity contribution in [2.24, 2.45) is 0 Å². The topological polar surface area (TPSA) is 62.7 Å². The summed E-state index contributed by atoms with van der Waals surface area (Å²) in [6.07, 6.45) is 7.79. The van der Waals surface area contributed by atoms with Gasteiger partial charge in [-0.05, 0) is 19.3 Å². The molecule has 5 nitrogen and oxygen atoms in total. The van der Waals surface area contributed by atoms with Gasteiger partial charge in [-0.1, -0.05) is 19.8 Å². The second kappa shape index (κ2) is 5.63. The van der Waals surface area contributed by atoms with Gasteiger partial charge in [-0.15, -0.1) is 5.10 Å². The van der Waals surface area contributed by atoms with Crippen LogP contribution in [0.5, 0.6) is 0 Å². The molecule has 1 aliphatic carbocycles. The predicted octanol–water partition coefficient (Wildman–Crippen LogP) is 2.05. The Balaban J connectivity index is 1.92. The number of anilines is 2. The molecule has 1 aromatic rings. The van der Waals surface area contributed by atoms with Crippen LogP contribution in [0.25, 0.3) is 0 Å². The van der Waals surface area contributed by atoms with E-state index in [2.05, 4.69) is 32.7 Å². The summed E-state index contributed by atoms with van der Waals surface area (Å²) in [5.41, 5.74) is 0. The van der Waals surface area contributed by atoms with Gasteiger partial charge in [-0.25, -0.2) is 0 Å². The number of aromatic nitrogens is 3. The molecule has 1 fully saturated rings. The van der Waals surface area contributed by atoms with E-state index in [0.29, 0.717) is 12.0 Å². The summed E-state index contributed by atoms with van der Waals surface area (Å²) in [6, 6.07) is 0.531. The molecular weight excluding hydrogens is 202 g/mol. The van der Waals surface area contributed by atoms with Crippen LogP contribution in [0.15, 0.2) is 6.20 Å². The molecule has 2 N–H and O–H groups in total. The molecule has 2 rings (SSSR count). The summed E-state index contributed by atoms with van der Waals surface area (Å²) in [4.78, 5) is 4.38. The van der Waals surface area contributed by atoms with Crippen LogP contribution in [0.2, 0.25) is 0 Å². The highest BCUT2D eigenvalue weighted by Crippen LogP contribution is 2.20. The van der Waals surface area contributed by atoms with Crippen molar-refractivity contribution in [2.75, 3.05) is 17.2 Å². The summed E-state index contributed by atoms with van der Waals surface area (Å²) < 4.78 is 0. The normalized spacial score (nSPS) is 16.3. The Hall–Kier alpha value is -1.39. The number of nitrogens with zero attached hydrogens (tertiary/aromatic N) is 3. The zero-order chi connectivity index (χ0) is 11.2. The first-order valence-electron chi connectivity index (χ1n) is 6.08. The Morgan fingerprint density at radius 1 is 1.38 bits per heavy atom. The zero-order valence-electron chi connectivity index (χ0n) is 9.74. The largest absolute Gasteiger partial charge is 0.369 e. The van der Waals surface area contributed by atoms with Crippen LogP contribution < -0.4 is 10.6 Å². The van der Waals surface area contributed by atoms with E-state index in [1.165, 1.54) is 25.7 Å². The average Bonchev–Trinajstić information content (AvgIpc) is 2.80. The van der Waals surface area contributed by atoms with Crippen LogP contribution in [0.4, 0.5) is 11.8 Å². The fourth-order valence-electron chi connectivity index (χ4n) is 1.96. The Morgan fingerprint density at radius 3 is 2.94 bits per heavy atom. The minimum Gasteiger partial charge on any atom is -0.369 e. The molecule has 1 aromatic heterocycles. The maximum Gasteiger partial charge on any atom is 0.244 e. The van der Waals surface area contributed by atoms with Gasteiger partial charge in [0.15, 0.2) is 0 Å². The SMILES string of the molecule is CCCNc1cnnc(NC2CCCC2)n1. The van der Waals surface area contributed by atoms with Crippen LogP contribution >= 0.6 is 0 Å². The molecule has 0 atom stereocenters. The molecule has 0 amide bonds. The lowest BCUT2D eigenvalue weighted by Gasteiger charge is -2.11. The average molecular weight is 221 g/mol. The van der Waals surface area contributed by atoms with Gasteiger partial charge in [0.25, 0.3) is 0 Å². The van der Waals surface area contributed by atoms with Crippen LogP contribution in [-0.4, -0.2) is 27.8 Å². The number of nitrogens with one attached hydrogen (secondary N) is 2. The standard InChI is InChI=1S/C11H19N5/c1-2-7-12-10-8-13-16-11(15-10)14-9-5-3-4-6-9/h8-9H,2-7H2,1H3,(H2,12,14,15,16). The summed E-state index contributed by atoms with van der Waals surface area (Å²) in [6.45, 7) is 3.04. The van der Waals surface area contributed by atoms with Gasteiger partial charge >= 0.3 is 0 Å². The van der Waals surface area contributed by atoms with E-state index in [-0.39, 0.29) is 0 Å². The molecule has 1 aliphatic rings. The highest BCUT2D eigenvalue weighted by Gasteiger charge is 2.15. The minimum absolute atomic E-state index is 0.531. The van der Waals surface area contributed by atoms with Gasteiger partial charge < -0.3 is 10.6 Å². The summed E-state index contributed by atoms with van der Waals surface area (Å²) in [7, 11) is 0. The van der Waals surface area contributed by atoms with Crippen LogP contribution in [0, 0.1) is 0 Å². The van der Waals surface area contributed by atoms with Gasteiger partial charge in [0.1, 0.15) is 5.82 Å². The lowest BCUT2D eigenvalue weighted by molar-refractivity contribution is 0.737. The van der Waals surface area contributed by atoms with E-state index in [9.17, 15) is 0 Å². The summed E-state index contributed by atoms with van der Waals surface area (Å²) >= 11 is 0. The van der Waals surface area contributed by atoms with Crippen molar-refractivity contribution in [1.29, 1.82) is 0 Å². The Kier molecular flexibility index (Phi) is 3.91. The first kappa shape index (κ1) is 11.1. The molecule has 0 unspecified atom stereocenters. The third-order valence-electron chi connectivity index (χ3n) is 2.80. The van der Waals surface area contributed by atoms with Gasteiger partial charge in [0, 0.05) is 12.6 Å². The molecule has 0 saturated heterocycles. The van der Waals surface area contributed by atoms with Crippen LogP contribution in [-0.2, 0) is 0 Å². The minimum atomic E-state index is 0.531. The van der Waals surface area contributed by atoms with Crippen molar-refractivity contribution in [3.63, 3.8) is 0 Å². The van der Waals surface area contributed by atoms with Crippen molar-refractivity contribution in [1.82, 2.24) is 15.2 Å². The second-order valence-corrected chi connectivity index (χ2v) is 4.22. The highest BCUT2D eigenvalue weighted by atomic mass is 15.3. The van der Waals surface area contributed by atoms with Crippen molar-refractivity contribution < 1.29 is 0 Å².